The van der Waals surface area contributed by atoms with E-state index in [0.29, 0.717) is 0 Å². The van der Waals surface area contributed by atoms with Crippen molar-refractivity contribution in [3.8, 4) is 22.4 Å². The van der Waals surface area contributed by atoms with Crippen LogP contribution >= 0.6 is 0 Å². The van der Waals surface area contributed by atoms with Crippen LogP contribution in [0.25, 0.3) is 33.3 Å². The molecule has 134 valence electrons. The third kappa shape index (κ3) is 3.10. The van der Waals surface area contributed by atoms with Crippen LogP contribution in [0.5, 0.6) is 0 Å². The van der Waals surface area contributed by atoms with E-state index < -0.39 is 0 Å². The van der Waals surface area contributed by atoms with E-state index in [1.807, 2.05) is 18.3 Å². The maximum atomic E-state index is 4.85. The molecule has 5 rings (SSSR count). The normalized spacial score (nSPS) is 11.0. The van der Waals surface area contributed by atoms with Crippen LogP contribution in [-0.4, -0.2) is 9.97 Å². The number of nitrogens with zero attached hydrogens (tertiary/aromatic N) is 1. The Morgan fingerprint density at radius 3 is 1.96 bits per heavy atom. The highest BCUT2D eigenvalue weighted by atomic mass is 14.8. The molecule has 0 spiro atoms. The largest absolute Gasteiger partial charge is 0.357 e. The van der Waals surface area contributed by atoms with Crippen molar-refractivity contribution in [3.63, 3.8) is 0 Å². The van der Waals surface area contributed by atoms with E-state index in [0.717, 1.165) is 28.8 Å². The molecule has 0 aliphatic carbocycles. The lowest BCUT2D eigenvalue weighted by Gasteiger charge is -2.07. The summed E-state index contributed by atoms with van der Waals surface area (Å²) in [7, 11) is 0. The lowest BCUT2D eigenvalue weighted by atomic mass is 10.0. The fourth-order valence-corrected chi connectivity index (χ4v) is 3.75. The maximum absolute atomic E-state index is 4.85. The van der Waals surface area contributed by atoms with E-state index in [4.69, 9.17) is 4.98 Å². The summed E-state index contributed by atoms with van der Waals surface area (Å²) in [6.07, 6.45) is 2.86. The molecule has 0 aliphatic heterocycles. The highest BCUT2D eigenvalue weighted by molar-refractivity contribution is 6.01. The highest BCUT2D eigenvalue weighted by Crippen LogP contribution is 2.34. The number of nitrogens with one attached hydrogen (secondary N) is 1. The quantitative estimate of drug-likeness (QED) is 0.390. The fourth-order valence-electron chi connectivity index (χ4n) is 3.75. The molecule has 2 aromatic heterocycles. The lowest BCUT2D eigenvalue weighted by molar-refractivity contribution is 1.12. The predicted octanol–water partition coefficient (Wildman–Crippen LogP) is 6.49. The van der Waals surface area contributed by atoms with Crippen LogP contribution in [0, 0.1) is 0 Å². The molecule has 0 saturated heterocycles. The Hall–Kier alpha value is -3.65. The third-order valence-corrected chi connectivity index (χ3v) is 5.09. The van der Waals surface area contributed by atoms with Gasteiger partial charge < -0.3 is 4.98 Å². The first kappa shape index (κ1) is 16.5. The molecule has 5 aromatic rings. The number of H-pyrrole nitrogens is 1. The average molecular weight is 360 g/mol. The molecule has 2 heteroatoms. The van der Waals surface area contributed by atoms with Gasteiger partial charge in [-0.05, 0) is 17.2 Å². The van der Waals surface area contributed by atoms with Crippen molar-refractivity contribution in [2.45, 2.75) is 6.42 Å². The molecule has 2 heterocycles. The topological polar surface area (TPSA) is 28.7 Å². The summed E-state index contributed by atoms with van der Waals surface area (Å²) in [5.74, 6) is 0. The summed E-state index contributed by atoms with van der Waals surface area (Å²) in [6, 6.07) is 33.7. The molecular weight excluding hydrogens is 340 g/mol. The Balaban J connectivity index is 1.70. The van der Waals surface area contributed by atoms with Gasteiger partial charge in [0.25, 0.3) is 0 Å². The maximum Gasteiger partial charge on any atom is 0.0796 e. The molecule has 2 nitrogen and oxygen atoms in total. The van der Waals surface area contributed by atoms with Crippen molar-refractivity contribution in [1.82, 2.24) is 9.97 Å². The number of hydrogen-bond donors (Lipinski definition) is 1. The summed E-state index contributed by atoms with van der Waals surface area (Å²) >= 11 is 0. The first-order valence-electron chi connectivity index (χ1n) is 9.54. The number of hydrogen-bond acceptors (Lipinski definition) is 1. The van der Waals surface area contributed by atoms with Gasteiger partial charge in [0.15, 0.2) is 0 Å². The van der Waals surface area contributed by atoms with Crippen LogP contribution in [-0.2, 0) is 6.42 Å². The lowest BCUT2D eigenvalue weighted by Crippen LogP contribution is -1.89. The minimum Gasteiger partial charge on any atom is -0.357 e. The van der Waals surface area contributed by atoms with Gasteiger partial charge in [-0.15, -0.1) is 0 Å². The van der Waals surface area contributed by atoms with Crippen molar-refractivity contribution < 1.29 is 0 Å². The Bertz CT molecular complexity index is 1130. The molecule has 0 saturated carbocycles. The standard InChI is InChI=1S/C26H20N2/c1-4-10-19(11-5-1)16-22-17-23-25(21-14-8-3-9-15-21)27-18-24(26(23)28-22)20-12-6-2-7-13-20/h1-15,17-18,28H,16H2. The third-order valence-electron chi connectivity index (χ3n) is 5.09. The van der Waals surface area contributed by atoms with Crippen LogP contribution in [0.15, 0.2) is 103 Å². The first-order valence-corrected chi connectivity index (χ1v) is 9.54. The van der Waals surface area contributed by atoms with Gasteiger partial charge in [-0.2, -0.15) is 0 Å². The summed E-state index contributed by atoms with van der Waals surface area (Å²) in [4.78, 5) is 8.54. The van der Waals surface area contributed by atoms with Gasteiger partial charge in [-0.25, -0.2) is 0 Å². The molecular formula is C26H20N2. The summed E-state index contributed by atoms with van der Waals surface area (Å²) in [6.45, 7) is 0. The molecule has 0 aliphatic rings. The predicted molar refractivity (Wildman–Crippen MR) is 116 cm³/mol. The van der Waals surface area contributed by atoms with E-state index in [-0.39, 0.29) is 0 Å². The average Bonchev–Trinajstić information content (AvgIpc) is 3.18. The van der Waals surface area contributed by atoms with Gasteiger partial charge in [0.05, 0.1) is 11.2 Å². The van der Waals surface area contributed by atoms with Gasteiger partial charge >= 0.3 is 0 Å². The molecule has 3 aromatic carbocycles. The van der Waals surface area contributed by atoms with E-state index in [1.54, 1.807) is 0 Å². The Kier molecular flexibility index (Phi) is 4.23. The second-order valence-electron chi connectivity index (χ2n) is 7.00. The van der Waals surface area contributed by atoms with Crippen LogP contribution in [0.2, 0.25) is 0 Å². The first-order chi connectivity index (χ1) is 13.9. The van der Waals surface area contributed by atoms with Gasteiger partial charge in [0, 0.05) is 34.8 Å². The minimum atomic E-state index is 0.873. The van der Waals surface area contributed by atoms with Crippen molar-refractivity contribution in [3.05, 3.63) is 115 Å². The van der Waals surface area contributed by atoms with Gasteiger partial charge in [-0.3, -0.25) is 4.98 Å². The van der Waals surface area contributed by atoms with Crippen molar-refractivity contribution in [1.29, 1.82) is 0 Å². The Labute approximate surface area is 164 Å². The molecule has 0 amide bonds. The van der Waals surface area contributed by atoms with Gasteiger partial charge in [0.2, 0.25) is 0 Å². The monoisotopic (exact) mass is 360 g/mol. The highest BCUT2D eigenvalue weighted by Gasteiger charge is 2.14. The molecule has 0 unspecified atom stereocenters. The smallest absolute Gasteiger partial charge is 0.0796 e. The SMILES string of the molecule is c1ccc(Cc2cc3c(-c4ccccc4)ncc(-c4ccccc4)c3[nH]2)cc1. The van der Waals surface area contributed by atoms with Crippen molar-refractivity contribution >= 4 is 10.9 Å². The minimum absolute atomic E-state index is 0.873. The van der Waals surface area contributed by atoms with E-state index >= 15 is 0 Å². The number of rotatable bonds is 4. The van der Waals surface area contributed by atoms with Crippen molar-refractivity contribution in [2.24, 2.45) is 0 Å². The zero-order valence-corrected chi connectivity index (χ0v) is 15.5. The second-order valence-corrected chi connectivity index (χ2v) is 7.00. The van der Waals surface area contributed by atoms with E-state index in [2.05, 4.69) is 89.9 Å². The van der Waals surface area contributed by atoms with E-state index in [9.17, 15) is 0 Å². The Morgan fingerprint density at radius 1 is 0.679 bits per heavy atom. The number of aromatic amines is 1. The summed E-state index contributed by atoms with van der Waals surface area (Å²) < 4.78 is 0. The molecule has 0 bridgehead atoms. The zero-order valence-electron chi connectivity index (χ0n) is 15.5. The number of aromatic nitrogens is 2. The number of fused-ring (bicyclic) bond motifs is 1. The molecule has 28 heavy (non-hydrogen) atoms. The van der Waals surface area contributed by atoms with Crippen LogP contribution in [0.3, 0.4) is 0 Å². The molecule has 0 atom stereocenters. The molecule has 0 radical (unpaired) electrons. The summed E-state index contributed by atoms with van der Waals surface area (Å²) in [5, 5.41) is 1.17. The van der Waals surface area contributed by atoms with E-state index in [1.165, 1.54) is 22.2 Å². The van der Waals surface area contributed by atoms with Crippen molar-refractivity contribution in [2.75, 3.05) is 0 Å². The molecule has 0 fully saturated rings. The van der Waals surface area contributed by atoms with Crippen LogP contribution in [0.4, 0.5) is 0 Å². The fraction of sp³-hybridized carbons (Fsp3) is 0.0385. The van der Waals surface area contributed by atoms with Crippen LogP contribution < -0.4 is 0 Å². The number of pyridine rings is 1. The Morgan fingerprint density at radius 2 is 1.29 bits per heavy atom. The zero-order chi connectivity index (χ0) is 18.8. The van der Waals surface area contributed by atoms with Gasteiger partial charge in [-0.1, -0.05) is 91.0 Å². The van der Waals surface area contributed by atoms with Crippen LogP contribution in [0.1, 0.15) is 11.3 Å². The molecule has 1 N–H and O–H groups in total. The van der Waals surface area contributed by atoms with Gasteiger partial charge in [0.1, 0.15) is 0 Å². The number of benzene rings is 3. The second kappa shape index (κ2) is 7.16. The summed E-state index contributed by atoms with van der Waals surface area (Å²) in [5.41, 5.74) is 8.10.